The molecule has 1 saturated carbocycles. The lowest BCUT2D eigenvalue weighted by Crippen LogP contribution is -2.19. The number of unbranched alkanes of at least 4 members (excludes halogenated alkanes) is 1. The van der Waals surface area contributed by atoms with Crippen LogP contribution in [-0.2, 0) is 17.6 Å². The lowest BCUT2D eigenvalue weighted by atomic mass is 9.90. The largest absolute Gasteiger partial charge is 0.508 e. The Morgan fingerprint density at radius 3 is 2.81 bits per heavy atom. The first-order chi connectivity index (χ1) is 14.8. The number of carboxylic acid groups (broad SMARTS) is 1. The summed E-state index contributed by atoms with van der Waals surface area (Å²) in [4.78, 5) is 10.6. The highest BCUT2D eigenvalue weighted by atomic mass is 35.5. The second kappa shape index (κ2) is 12.9. The van der Waals surface area contributed by atoms with Gasteiger partial charge in [0.25, 0.3) is 0 Å². The summed E-state index contributed by atoms with van der Waals surface area (Å²) in [6.45, 7) is 2.06. The molecule has 0 aliphatic heterocycles. The highest BCUT2D eigenvalue weighted by Gasteiger charge is 2.39. The number of hydrogen-bond acceptors (Lipinski definition) is 4. The van der Waals surface area contributed by atoms with Crippen LogP contribution >= 0.6 is 11.6 Å². The number of carbonyl (C=O) groups is 1. The predicted molar refractivity (Wildman–Crippen MR) is 123 cm³/mol. The molecule has 0 amide bonds. The van der Waals surface area contributed by atoms with Gasteiger partial charge in [0.05, 0.1) is 12.2 Å². The molecule has 0 aromatic heterocycles. The molecule has 0 heterocycles. The number of alkyl halides is 1. The molecular weight excluding hydrogens is 416 g/mol. The highest BCUT2D eigenvalue weighted by Crippen LogP contribution is 2.39. The number of aliphatic carboxylic acids is 1. The van der Waals surface area contributed by atoms with Gasteiger partial charge in [-0.1, -0.05) is 49.8 Å². The van der Waals surface area contributed by atoms with Crippen molar-refractivity contribution in [2.45, 2.75) is 75.9 Å². The van der Waals surface area contributed by atoms with E-state index in [-0.39, 0.29) is 29.4 Å². The Balaban J connectivity index is 1.92. The van der Waals surface area contributed by atoms with Crippen LogP contribution in [-0.4, -0.2) is 44.0 Å². The average molecular weight is 451 g/mol. The summed E-state index contributed by atoms with van der Waals surface area (Å²) in [5.41, 5.74) is 1.85. The molecule has 1 aromatic rings. The summed E-state index contributed by atoms with van der Waals surface area (Å²) in [6, 6.07) is 5.43. The number of rotatable bonds is 12. The lowest BCUT2D eigenvalue weighted by Gasteiger charge is -2.19. The Kier molecular flexibility index (Phi) is 10.6. The molecule has 1 aliphatic rings. The maximum absolute atomic E-state index is 10.6. The van der Waals surface area contributed by atoms with Crippen LogP contribution in [0.3, 0.4) is 0 Å². The van der Waals surface area contributed by atoms with Crippen molar-refractivity contribution in [3.63, 3.8) is 0 Å². The van der Waals surface area contributed by atoms with E-state index in [4.69, 9.17) is 16.7 Å². The van der Waals surface area contributed by atoms with Gasteiger partial charge in [-0.15, -0.1) is 11.6 Å². The molecule has 0 saturated heterocycles. The summed E-state index contributed by atoms with van der Waals surface area (Å²) in [5.74, 6) is -0.556. The number of halogens is 1. The average Bonchev–Trinajstić information content (AvgIpc) is 2.98. The van der Waals surface area contributed by atoms with Gasteiger partial charge >= 0.3 is 5.97 Å². The molecule has 6 heteroatoms. The van der Waals surface area contributed by atoms with Crippen molar-refractivity contribution in [2.75, 3.05) is 0 Å². The third-order valence-electron chi connectivity index (χ3n) is 5.87. The zero-order valence-corrected chi connectivity index (χ0v) is 18.9. The van der Waals surface area contributed by atoms with Gasteiger partial charge in [0, 0.05) is 24.1 Å². The van der Waals surface area contributed by atoms with Crippen molar-refractivity contribution in [1.82, 2.24) is 0 Å². The summed E-state index contributed by atoms with van der Waals surface area (Å²) in [6.07, 6.45) is 11.3. The molecule has 1 aliphatic carbocycles. The molecule has 1 unspecified atom stereocenters. The highest BCUT2D eigenvalue weighted by molar-refractivity contribution is 6.21. The number of aryl methyl sites for hydroxylation is 1. The second-order valence-electron chi connectivity index (χ2n) is 8.42. The van der Waals surface area contributed by atoms with Gasteiger partial charge in [-0.25, -0.2) is 0 Å². The smallest absolute Gasteiger partial charge is 0.303 e. The molecule has 0 radical (unpaired) electrons. The Labute approximate surface area is 190 Å². The number of phenolic OH excluding ortho intramolecular Hbond substituents is 1. The van der Waals surface area contributed by atoms with E-state index in [9.17, 15) is 20.1 Å². The Morgan fingerprint density at radius 1 is 1.32 bits per heavy atom. The molecule has 5 nitrogen and oxygen atoms in total. The summed E-state index contributed by atoms with van der Waals surface area (Å²) < 4.78 is 0. The van der Waals surface area contributed by atoms with Crippen molar-refractivity contribution >= 4 is 17.6 Å². The number of benzene rings is 1. The summed E-state index contributed by atoms with van der Waals surface area (Å²) >= 11 is 6.46. The van der Waals surface area contributed by atoms with Crippen molar-refractivity contribution in [3.8, 4) is 5.75 Å². The minimum atomic E-state index is -0.786. The first kappa shape index (κ1) is 25.4. The first-order valence-corrected chi connectivity index (χ1v) is 11.6. The third kappa shape index (κ3) is 8.32. The normalized spacial score (nSPS) is 24.9. The number of aliphatic hydroxyl groups excluding tert-OH is 2. The molecule has 5 atom stereocenters. The van der Waals surface area contributed by atoms with Crippen molar-refractivity contribution < 1.29 is 25.2 Å². The maximum Gasteiger partial charge on any atom is 0.303 e. The molecule has 4 N–H and O–H groups in total. The molecule has 0 bridgehead atoms. The predicted octanol–water partition coefficient (Wildman–Crippen LogP) is 4.61. The van der Waals surface area contributed by atoms with Crippen LogP contribution in [0, 0.1) is 11.8 Å². The van der Waals surface area contributed by atoms with E-state index in [2.05, 4.69) is 6.92 Å². The van der Waals surface area contributed by atoms with Crippen LogP contribution in [0.4, 0.5) is 0 Å². The summed E-state index contributed by atoms with van der Waals surface area (Å²) in [5, 5.41) is 39.4. The fourth-order valence-corrected chi connectivity index (χ4v) is 4.66. The second-order valence-corrected chi connectivity index (χ2v) is 8.98. The number of hydrogen-bond donors (Lipinski definition) is 4. The van der Waals surface area contributed by atoms with Gasteiger partial charge < -0.3 is 20.4 Å². The number of aliphatic hydroxyl groups is 2. The zero-order valence-electron chi connectivity index (χ0n) is 18.2. The van der Waals surface area contributed by atoms with Crippen LogP contribution in [0.2, 0.25) is 0 Å². The van der Waals surface area contributed by atoms with Gasteiger partial charge in [0.15, 0.2) is 0 Å². The number of allylic oxidation sites excluding steroid dienone is 2. The maximum atomic E-state index is 10.6. The molecule has 2 rings (SSSR count). The third-order valence-corrected chi connectivity index (χ3v) is 6.37. The van der Waals surface area contributed by atoms with E-state index in [1.54, 1.807) is 12.1 Å². The van der Waals surface area contributed by atoms with Crippen molar-refractivity contribution in [3.05, 3.63) is 53.6 Å². The minimum absolute atomic E-state index is 0.0701. The Bertz CT molecular complexity index is 760. The van der Waals surface area contributed by atoms with E-state index >= 15 is 0 Å². The van der Waals surface area contributed by atoms with Crippen LogP contribution in [0.1, 0.15) is 56.6 Å². The standard InChI is InChI=1S/C25H35ClO5/c1-2-7-18-14-17(10-13-23(18)28)15-19(27)11-12-21-20(22(26)16-24(21)29)8-5-3-4-6-9-25(30)31/h3,5,10-14,19-22,24,27-29H,2,4,6-9,15-16H2,1H3,(H,30,31)/t19?,20-,21-,22-,24-/m1/s1. The van der Waals surface area contributed by atoms with E-state index in [0.29, 0.717) is 32.1 Å². The monoisotopic (exact) mass is 450 g/mol. The van der Waals surface area contributed by atoms with Gasteiger partial charge in [-0.05, 0) is 55.2 Å². The van der Waals surface area contributed by atoms with Crippen LogP contribution in [0.25, 0.3) is 0 Å². The van der Waals surface area contributed by atoms with Gasteiger partial charge in [-0.2, -0.15) is 0 Å². The topological polar surface area (TPSA) is 98.0 Å². The quantitative estimate of drug-likeness (QED) is 0.212. The molecule has 1 fully saturated rings. The molecule has 31 heavy (non-hydrogen) atoms. The van der Waals surface area contributed by atoms with Crippen LogP contribution < -0.4 is 0 Å². The summed E-state index contributed by atoms with van der Waals surface area (Å²) in [7, 11) is 0. The van der Waals surface area contributed by atoms with E-state index in [1.807, 2.05) is 30.4 Å². The van der Waals surface area contributed by atoms with Crippen molar-refractivity contribution in [1.29, 1.82) is 0 Å². The SMILES string of the molecule is CCCc1cc(CC(O)C=C[C@@H]2[C@@H](CC=CCCCC(=O)O)[C@H](Cl)C[C@H]2O)ccc1O. The fraction of sp³-hybridized carbons (Fsp3) is 0.560. The van der Waals surface area contributed by atoms with E-state index in [1.165, 1.54) is 0 Å². The van der Waals surface area contributed by atoms with Gasteiger partial charge in [0.1, 0.15) is 5.75 Å². The van der Waals surface area contributed by atoms with Crippen LogP contribution in [0.5, 0.6) is 5.75 Å². The number of phenols is 1. The van der Waals surface area contributed by atoms with Crippen molar-refractivity contribution in [2.24, 2.45) is 11.8 Å². The molecule has 172 valence electrons. The van der Waals surface area contributed by atoms with Gasteiger partial charge in [-0.3, -0.25) is 4.79 Å². The van der Waals surface area contributed by atoms with Gasteiger partial charge in [0.2, 0.25) is 0 Å². The zero-order chi connectivity index (χ0) is 22.8. The minimum Gasteiger partial charge on any atom is -0.508 e. The van der Waals surface area contributed by atoms with E-state index in [0.717, 1.165) is 24.0 Å². The molecular formula is C25H35ClO5. The Hall–Kier alpha value is -1.82. The number of aromatic hydroxyl groups is 1. The molecule has 1 aromatic carbocycles. The lowest BCUT2D eigenvalue weighted by molar-refractivity contribution is -0.137. The van der Waals surface area contributed by atoms with E-state index < -0.39 is 18.2 Å². The Morgan fingerprint density at radius 2 is 2.10 bits per heavy atom. The molecule has 0 spiro atoms. The number of carboxylic acids is 1. The fourth-order valence-electron chi connectivity index (χ4n) is 4.21. The first-order valence-electron chi connectivity index (χ1n) is 11.2. The van der Waals surface area contributed by atoms with Crippen LogP contribution in [0.15, 0.2) is 42.5 Å².